The zero-order valence-corrected chi connectivity index (χ0v) is 19.0. The summed E-state index contributed by atoms with van der Waals surface area (Å²) in [6, 6.07) is 17.0. The molecular weight excluding hydrogens is 467 g/mol. The summed E-state index contributed by atoms with van der Waals surface area (Å²) in [5.41, 5.74) is -0.617. The molecule has 1 N–H and O–H groups in total. The minimum atomic E-state index is -4.74. The molecule has 1 aliphatic rings. The maximum Gasteiger partial charge on any atom is 0.277 e. The summed E-state index contributed by atoms with van der Waals surface area (Å²) in [4.78, 5) is 11.7. The maximum atomic E-state index is 15.0. The van der Waals surface area contributed by atoms with Crippen molar-refractivity contribution in [2.45, 2.75) is 29.1 Å². The van der Waals surface area contributed by atoms with Crippen LogP contribution in [0.1, 0.15) is 19.3 Å². The van der Waals surface area contributed by atoms with E-state index >= 15 is 4.39 Å². The Kier molecular flexibility index (Phi) is 6.22. The highest BCUT2D eigenvalue weighted by Crippen LogP contribution is 2.35. The first-order valence-electron chi connectivity index (χ1n) is 10.2. The number of hydrogen-bond acceptors (Lipinski definition) is 5. The van der Waals surface area contributed by atoms with Crippen LogP contribution in [0.2, 0.25) is 0 Å². The monoisotopic (exact) mass is 488 g/mol. The second-order valence-corrected chi connectivity index (χ2v) is 11.4. The number of amides is 1. The van der Waals surface area contributed by atoms with Gasteiger partial charge in [-0.2, -0.15) is 3.71 Å². The van der Waals surface area contributed by atoms with E-state index in [1.165, 1.54) is 54.6 Å². The number of hydrogen-bond donors (Lipinski definition) is 1. The molecule has 4 rings (SSSR count). The van der Waals surface area contributed by atoms with E-state index in [9.17, 15) is 21.6 Å². The summed E-state index contributed by atoms with van der Waals surface area (Å²) < 4.78 is 69.1. The molecule has 0 radical (unpaired) electrons. The Labute approximate surface area is 192 Å². The molecule has 0 spiro atoms. The highest BCUT2D eigenvalue weighted by Gasteiger charge is 2.38. The average Bonchev–Trinajstić information content (AvgIpc) is 2.76. The summed E-state index contributed by atoms with van der Waals surface area (Å²) in [5, 5.41) is 2.63. The van der Waals surface area contributed by atoms with Gasteiger partial charge in [-0.3, -0.25) is 4.79 Å². The Morgan fingerprint density at radius 2 is 1.33 bits per heavy atom. The Morgan fingerprint density at radius 3 is 1.79 bits per heavy atom. The Balaban J connectivity index is 1.87. The second-order valence-electron chi connectivity index (χ2n) is 7.62. The zero-order chi connectivity index (χ0) is 23.6. The molecule has 3 aromatic rings. The van der Waals surface area contributed by atoms with Gasteiger partial charge in [-0.1, -0.05) is 42.8 Å². The van der Waals surface area contributed by atoms with Crippen LogP contribution < -0.4 is 9.03 Å². The number of carbonyl (C=O) groups excluding carboxylic acids is 1. The van der Waals surface area contributed by atoms with Crippen LogP contribution in [0.3, 0.4) is 0 Å². The molecule has 172 valence electrons. The summed E-state index contributed by atoms with van der Waals surface area (Å²) in [6.45, 7) is 0. The van der Waals surface area contributed by atoms with E-state index in [1.54, 1.807) is 12.1 Å². The fourth-order valence-corrected chi connectivity index (χ4v) is 7.14. The molecule has 3 aromatic carbocycles. The normalized spacial score (nSPS) is 14.3. The molecule has 0 saturated heterocycles. The highest BCUT2D eigenvalue weighted by atomic mass is 32.3. The number of anilines is 2. The van der Waals surface area contributed by atoms with E-state index in [0.717, 1.165) is 31.4 Å². The van der Waals surface area contributed by atoms with Gasteiger partial charge in [0.15, 0.2) is 0 Å². The van der Waals surface area contributed by atoms with Gasteiger partial charge >= 0.3 is 0 Å². The first-order chi connectivity index (χ1) is 15.7. The third-order valence-corrected chi connectivity index (χ3v) is 9.58. The van der Waals surface area contributed by atoms with Gasteiger partial charge < -0.3 is 5.32 Å². The predicted molar refractivity (Wildman–Crippen MR) is 122 cm³/mol. The molecule has 0 aliphatic heterocycles. The van der Waals surface area contributed by atoms with E-state index < -0.39 is 31.6 Å². The van der Waals surface area contributed by atoms with E-state index in [4.69, 9.17) is 0 Å². The predicted octanol–water partition coefficient (Wildman–Crippen LogP) is 4.15. The van der Waals surface area contributed by atoms with Gasteiger partial charge in [0.2, 0.25) is 5.91 Å². The maximum absolute atomic E-state index is 15.0. The van der Waals surface area contributed by atoms with Gasteiger partial charge in [-0.05, 0) is 55.3 Å². The average molecular weight is 489 g/mol. The molecule has 33 heavy (non-hydrogen) atoms. The molecule has 0 bridgehead atoms. The number of halogens is 1. The molecule has 10 heteroatoms. The zero-order valence-electron chi connectivity index (χ0n) is 17.4. The van der Waals surface area contributed by atoms with Crippen molar-refractivity contribution in [1.29, 1.82) is 0 Å². The molecule has 1 saturated carbocycles. The molecule has 1 amide bonds. The smallest absolute Gasteiger partial charge is 0.277 e. The Hall–Kier alpha value is -3.24. The van der Waals surface area contributed by atoms with Crippen LogP contribution >= 0.6 is 0 Å². The van der Waals surface area contributed by atoms with Gasteiger partial charge in [0.1, 0.15) is 11.5 Å². The third-order valence-electron chi connectivity index (χ3n) is 5.41. The van der Waals surface area contributed by atoms with Crippen molar-refractivity contribution < 1.29 is 26.0 Å². The lowest BCUT2D eigenvalue weighted by atomic mass is 9.85. The van der Waals surface area contributed by atoms with Gasteiger partial charge in [0, 0.05) is 11.6 Å². The van der Waals surface area contributed by atoms with Crippen LogP contribution in [0, 0.1) is 11.7 Å². The van der Waals surface area contributed by atoms with Crippen molar-refractivity contribution in [2.75, 3.05) is 9.03 Å². The van der Waals surface area contributed by atoms with Crippen molar-refractivity contribution in [2.24, 2.45) is 5.92 Å². The molecule has 7 nitrogen and oxygen atoms in total. The number of nitrogens with one attached hydrogen (secondary N) is 1. The summed E-state index contributed by atoms with van der Waals surface area (Å²) in [5.74, 6) is -1.52. The van der Waals surface area contributed by atoms with Crippen molar-refractivity contribution in [1.82, 2.24) is 0 Å². The molecule has 0 atom stereocenters. The van der Waals surface area contributed by atoms with E-state index in [1.807, 2.05) is 0 Å². The summed E-state index contributed by atoms with van der Waals surface area (Å²) in [6.07, 6.45) is 2.40. The second kappa shape index (κ2) is 8.95. The van der Waals surface area contributed by atoms with Crippen molar-refractivity contribution >= 4 is 37.3 Å². The fourth-order valence-electron chi connectivity index (χ4n) is 3.41. The van der Waals surface area contributed by atoms with E-state index in [0.29, 0.717) is 0 Å². The summed E-state index contributed by atoms with van der Waals surface area (Å²) in [7, 11) is -9.49. The quantitative estimate of drug-likeness (QED) is 0.539. The molecule has 0 unspecified atom stereocenters. The Bertz CT molecular complexity index is 1310. The number of carbonyl (C=O) groups is 1. The fraction of sp³-hybridized carbons (Fsp3) is 0.174. The lowest BCUT2D eigenvalue weighted by Crippen LogP contribution is -2.37. The lowest BCUT2D eigenvalue weighted by Gasteiger charge is -2.26. The topological polar surface area (TPSA) is 101 Å². The summed E-state index contributed by atoms with van der Waals surface area (Å²) >= 11 is 0. The van der Waals surface area contributed by atoms with Gasteiger partial charge in [-0.25, -0.2) is 21.2 Å². The third kappa shape index (κ3) is 4.49. The SMILES string of the molecule is O=C(Nc1ccc(F)c(N(S(=O)(=O)c2ccccc2)S(=O)(=O)c2ccccc2)c1)C1CCC1. The van der Waals surface area contributed by atoms with Crippen LogP contribution in [0.15, 0.2) is 88.7 Å². The van der Waals surface area contributed by atoms with Crippen molar-refractivity contribution in [3.05, 3.63) is 84.7 Å². The number of nitrogens with zero attached hydrogens (tertiary/aromatic N) is 1. The number of sulfonamides is 2. The number of rotatable bonds is 7. The molecule has 0 aromatic heterocycles. The van der Waals surface area contributed by atoms with Crippen LogP contribution in [-0.4, -0.2) is 22.7 Å². The molecule has 1 aliphatic carbocycles. The number of benzene rings is 3. The highest BCUT2D eigenvalue weighted by molar-refractivity contribution is 8.10. The lowest BCUT2D eigenvalue weighted by molar-refractivity contribution is -0.122. The minimum Gasteiger partial charge on any atom is -0.326 e. The van der Waals surface area contributed by atoms with Crippen LogP contribution in [0.5, 0.6) is 0 Å². The van der Waals surface area contributed by atoms with E-state index in [2.05, 4.69) is 5.32 Å². The molecule has 0 heterocycles. The first-order valence-corrected chi connectivity index (χ1v) is 13.1. The van der Waals surface area contributed by atoms with Gasteiger partial charge in [0.05, 0.1) is 9.79 Å². The Morgan fingerprint density at radius 1 is 0.818 bits per heavy atom. The van der Waals surface area contributed by atoms with Gasteiger partial charge in [0.25, 0.3) is 20.0 Å². The first kappa shape index (κ1) is 22.9. The van der Waals surface area contributed by atoms with Crippen LogP contribution in [-0.2, 0) is 24.8 Å². The van der Waals surface area contributed by atoms with E-state index in [-0.39, 0.29) is 31.0 Å². The largest absolute Gasteiger partial charge is 0.326 e. The van der Waals surface area contributed by atoms with Crippen molar-refractivity contribution in [3.8, 4) is 0 Å². The molecular formula is C23H21FN2O5S2. The standard InChI is InChI=1S/C23H21FN2O5S2/c24-21-15-14-18(25-23(27)17-8-7-9-17)16-22(21)26(32(28,29)19-10-3-1-4-11-19)33(30,31)20-12-5-2-6-13-20/h1-6,10-17H,7-9H2,(H,25,27). The molecule has 1 fully saturated rings. The van der Waals surface area contributed by atoms with Crippen molar-refractivity contribution in [3.63, 3.8) is 0 Å². The van der Waals surface area contributed by atoms with Crippen LogP contribution in [0.25, 0.3) is 0 Å². The minimum absolute atomic E-state index is 0.0823. The van der Waals surface area contributed by atoms with Gasteiger partial charge in [-0.15, -0.1) is 0 Å². The van der Waals surface area contributed by atoms with Crippen LogP contribution in [0.4, 0.5) is 15.8 Å².